The molecule has 4 N–H and O–H groups in total. The van der Waals surface area contributed by atoms with Crippen LogP contribution in [0, 0.1) is 23.7 Å². The van der Waals surface area contributed by atoms with Crippen molar-refractivity contribution in [3.63, 3.8) is 0 Å². The van der Waals surface area contributed by atoms with Gasteiger partial charge in [0.25, 0.3) is 0 Å². The Bertz CT molecular complexity index is 1180. The van der Waals surface area contributed by atoms with E-state index in [1.807, 2.05) is 78.8 Å². The molecule has 0 aliphatic carbocycles. The minimum absolute atomic E-state index is 0.0172. The Labute approximate surface area is 294 Å². The predicted octanol–water partition coefficient (Wildman–Crippen LogP) is 4.50. The Morgan fingerprint density at radius 3 is 2.04 bits per heavy atom. The van der Waals surface area contributed by atoms with Gasteiger partial charge >= 0.3 is 6.09 Å². The third kappa shape index (κ3) is 14.4. The first-order chi connectivity index (χ1) is 23.1. The van der Waals surface area contributed by atoms with Gasteiger partial charge in [0, 0.05) is 33.7 Å². The molecule has 49 heavy (non-hydrogen) atoms. The zero-order chi connectivity index (χ0) is 37.3. The average molecular weight is 690 g/mol. The molecule has 12 heteroatoms. The molecule has 0 saturated heterocycles. The summed E-state index contributed by atoms with van der Waals surface area (Å²) in [5.74, 6) is -1.96. The van der Waals surface area contributed by atoms with E-state index in [0.717, 1.165) is 37.7 Å². The third-order valence-corrected chi connectivity index (χ3v) is 9.25. The van der Waals surface area contributed by atoms with E-state index >= 15 is 0 Å². The summed E-state index contributed by atoms with van der Waals surface area (Å²) in [7, 11) is 4.74. The smallest absolute Gasteiger partial charge is 0.410 e. The van der Waals surface area contributed by atoms with Crippen LogP contribution in [-0.2, 0) is 35.3 Å². The molecule has 0 heterocycles. The fourth-order valence-corrected chi connectivity index (χ4v) is 5.94. The average Bonchev–Trinajstić information content (AvgIpc) is 3.06. The van der Waals surface area contributed by atoms with Gasteiger partial charge in [0.2, 0.25) is 23.6 Å². The van der Waals surface area contributed by atoms with E-state index in [0.29, 0.717) is 6.54 Å². The predicted molar refractivity (Wildman–Crippen MR) is 191 cm³/mol. The standard InChI is InChI=1S/C37H63N5O7/c1-11-26(6)33(29(48-10)22-30(43)39-21-17-13-14-18-27(7)34(38)44)41(8)36(46)31(24(2)3)40-35(45)32(25(4)5)42(9)37(47)49-23-28-19-15-12-16-20-28/h12,15-16,19-20,24-27,29,31-33H,11,13-14,17-18,21-23H2,1-10H3,(H2,38,44)(H,39,43)(H,40,45)/t26-,27+,29+,31?,32-,33-/m0/s1. The number of nitrogens with two attached hydrogens (primary N) is 1. The van der Waals surface area contributed by atoms with Crippen molar-refractivity contribution in [2.24, 2.45) is 29.4 Å². The number of rotatable bonds is 22. The molecule has 0 aliphatic heterocycles. The van der Waals surface area contributed by atoms with E-state index < -0.39 is 36.2 Å². The number of nitrogens with one attached hydrogen (secondary N) is 2. The lowest BCUT2D eigenvalue weighted by Crippen LogP contribution is -2.60. The third-order valence-electron chi connectivity index (χ3n) is 9.25. The summed E-state index contributed by atoms with van der Waals surface area (Å²) >= 11 is 0. The lowest BCUT2D eigenvalue weighted by Gasteiger charge is -2.40. The molecular formula is C37H63N5O7. The van der Waals surface area contributed by atoms with Gasteiger partial charge in [-0.3, -0.25) is 24.1 Å². The number of hydrogen-bond donors (Lipinski definition) is 3. The number of methoxy groups -OCH3 is 1. The number of carbonyl (C=O) groups is 5. The van der Waals surface area contributed by atoms with Crippen molar-refractivity contribution < 1.29 is 33.4 Å². The first-order valence-electron chi connectivity index (χ1n) is 17.7. The fourth-order valence-electron chi connectivity index (χ4n) is 5.94. The summed E-state index contributed by atoms with van der Waals surface area (Å²) < 4.78 is 11.3. The Balaban J connectivity index is 2.98. The fraction of sp³-hybridized carbons (Fsp3) is 0.703. The van der Waals surface area contributed by atoms with Crippen LogP contribution in [0.3, 0.4) is 0 Å². The van der Waals surface area contributed by atoms with Gasteiger partial charge in [-0.25, -0.2) is 4.79 Å². The monoisotopic (exact) mass is 689 g/mol. The number of likely N-dealkylation sites (N-methyl/N-ethyl adjacent to an activating group) is 2. The van der Waals surface area contributed by atoms with E-state index in [9.17, 15) is 24.0 Å². The zero-order valence-electron chi connectivity index (χ0n) is 31.5. The molecule has 1 rings (SSSR count). The van der Waals surface area contributed by atoms with Crippen LogP contribution in [0.15, 0.2) is 30.3 Å². The number of ether oxygens (including phenoxy) is 2. The summed E-state index contributed by atoms with van der Waals surface area (Å²) in [5.41, 5.74) is 6.15. The number of amides is 5. The number of carbonyl (C=O) groups excluding carboxylic acids is 5. The van der Waals surface area contributed by atoms with Gasteiger partial charge in [0.05, 0.1) is 18.6 Å². The number of benzene rings is 1. The van der Waals surface area contributed by atoms with Crippen molar-refractivity contribution in [1.82, 2.24) is 20.4 Å². The van der Waals surface area contributed by atoms with Gasteiger partial charge in [-0.15, -0.1) is 0 Å². The molecule has 5 amide bonds. The van der Waals surface area contributed by atoms with Gasteiger partial charge in [-0.1, -0.05) is 98.1 Å². The lowest BCUT2D eigenvalue weighted by molar-refractivity contribution is -0.144. The van der Waals surface area contributed by atoms with E-state index in [2.05, 4.69) is 10.6 Å². The summed E-state index contributed by atoms with van der Waals surface area (Å²) in [5, 5.41) is 5.88. The molecule has 0 bridgehead atoms. The number of hydrogen-bond acceptors (Lipinski definition) is 7. The Kier molecular flexibility index (Phi) is 19.6. The van der Waals surface area contributed by atoms with Crippen molar-refractivity contribution in [3.05, 3.63) is 35.9 Å². The summed E-state index contributed by atoms with van der Waals surface area (Å²) in [6.07, 6.45) is 2.78. The molecule has 278 valence electrons. The maximum Gasteiger partial charge on any atom is 0.410 e. The van der Waals surface area contributed by atoms with Crippen LogP contribution >= 0.6 is 0 Å². The van der Waals surface area contributed by atoms with E-state index in [4.69, 9.17) is 15.2 Å². The first-order valence-corrected chi connectivity index (χ1v) is 17.7. The molecule has 1 unspecified atom stereocenters. The second-order valence-electron chi connectivity index (χ2n) is 13.9. The number of nitrogens with zero attached hydrogens (tertiary/aromatic N) is 2. The van der Waals surface area contributed by atoms with Crippen LogP contribution in [-0.4, -0.2) is 91.5 Å². The molecule has 1 aromatic rings. The molecule has 0 radical (unpaired) electrons. The second kappa shape index (κ2) is 22.1. The normalized spacial score (nSPS) is 15.0. The van der Waals surface area contributed by atoms with E-state index in [1.165, 1.54) is 19.1 Å². The Hall–Kier alpha value is -3.67. The minimum atomic E-state index is -0.886. The number of unbranched alkanes of at least 4 members (excludes halogenated alkanes) is 2. The highest BCUT2D eigenvalue weighted by Crippen LogP contribution is 2.24. The topological polar surface area (TPSA) is 160 Å². The molecule has 1 aromatic carbocycles. The Morgan fingerprint density at radius 1 is 0.878 bits per heavy atom. The maximum atomic E-state index is 14.1. The van der Waals surface area contributed by atoms with Crippen LogP contribution in [0.4, 0.5) is 4.79 Å². The molecule has 0 fully saturated rings. The molecule has 0 spiro atoms. The zero-order valence-corrected chi connectivity index (χ0v) is 31.5. The molecule has 12 nitrogen and oxygen atoms in total. The number of primary amides is 1. The van der Waals surface area contributed by atoms with Crippen molar-refractivity contribution in [1.29, 1.82) is 0 Å². The minimum Gasteiger partial charge on any atom is -0.445 e. The van der Waals surface area contributed by atoms with Crippen molar-refractivity contribution in [2.45, 2.75) is 118 Å². The van der Waals surface area contributed by atoms with Crippen LogP contribution < -0.4 is 16.4 Å². The highest BCUT2D eigenvalue weighted by molar-refractivity contribution is 5.91. The van der Waals surface area contributed by atoms with Gasteiger partial charge in [0.1, 0.15) is 18.7 Å². The van der Waals surface area contributed by atoms with Gasteiger partial charge in [-0.05, 0) is 36.2 Å². The molecular weight excluding hydrogens is 626 g/mol. The highest BCUT2D eigenvalue weighted by Gasteiger charge is 2.39. The lowest BCUT2D eigenvalue weighted by atomic mass is 9.89. The van der Waals surface area contributed by atoms with Crippen molar-refractivity contribution >= 4 is 29.7 Å². The SMILES string of the molecule is CC[C@H](C)[C@@H]([C@@H](CC(=O)NCCCCC[C@@H](C)C(N)=O)OC)N(C)C(=O)C(NC(=O)[C@H](C(C)C)N(C)C(=O)OCc1ccccc1)C(C)C. The van der Waals surface area contributed by atoms with Crippen LogP contribution in [0.1, 0.15) is 92.6 Å². The Morgan fingerprint density at radius 2 is 1.51 bits per heavy atom. The summed E-state index contributed by atoms with van der Waals surface area (Å²) in [4.78, 5) is 67.9. The van der Waals surface area contributed by atoms with Crippen molar-refractivity contribution in [2.75, 3.05) is 27.7 Å². The van der Waals surface area contributed by atoms with Crippen LogP contribution in [0.2, 0.25) is 0 Å². The van der Waals surface area contributed by atoms with Gasteiger partial charge in [-0.2, -0.15) is 0 Å². The molecule has 0 aliphatic rings. The summed E-state index contributed by atoms with van der Waals surface area (Å²) in [6.45, 7) is 13.8. The van der Waals surface area contributed by atoms with Crippen LogP contribution in [0.25, 0.3) is 0 Å². The van der Waals surface area contributed by atoms with E-state index in [-0.39, 0.29) is 54.4 Å². The largest absolute Gasteiger partial charge is 0.445 e. The van der Waals surface area contributed by atoms with Crippen molar-refractivity contribution in [3.8, 4) is 0 Å². The van der Waals surface area contributed by atoms with E-state index in [1.54, 1.807) is 11.9 Å². The van der Waals surface area contributed by atoms with Gasteiger partial charge in [0.15, 0.2) is 0 Å². The highest BCUT2D eigenvalue weighted by atomic mass is 16.6. The summed E-state index contributed by atoms with van der Waals surface area (Å²) in [6, 6.07) is 7.07. The molecule has 0 saturated carbocycles. The quantitative estimate of drug-likeness (QED) is 0.151. The second-order valence-corrected chi connectivity index (χ2v) is 13.9. The molecule has 0 aromatic heterocycles. The van der Waals surface area contributed by atoms with Gasteiger partial charge < -0.3 is 30.7 Å². The maximum absolute atomic E-state index is 14.1. The first kappa shape index (κ1) is 43.4. The van der Waals surface area contributed by atoms with Crippen LogP contribution in [0.5, 0.6) is 0 Å². The molecule has 6 atom stereocenters.